The average Bonchev–Trinajstić information content (AvgIpc) is 3.76. The van der Waals surface area contributed by atoms with Gasteiger partial charge in [0.2, 0.25) is 0 Å². The number of rotatable bonds is 12. The second kappa shape index (κ2) is 12.6. The number of nitrogens with zero attached hydrogens (tertiary/aromatic N) is 3. The molecule has 0 radical (unpaired) electrons. The number of halogens is 4. The molecule has 1 atom stereocenters. The van der Waals surface area contributed by atoms with Gasteiger partial charge in [-0.25, -0.2) is 0 Å². The van der Waals surface area contributed by atoms with Crippen molar-refractivity contribution in [2.45, 2.75) is 32.0 Å². The number of anilines is 1. The highest BCUT2D eigenvalue weighted by molar-refractivity contribution is 6.52. The number of hydrogen-bond donors (Lipinski definition) is 0. The van der Waals surface area contributed by atoms with Crippen LogP contribution >= 0.6 is 23.2 Å². The molecule has 1 aliphatic heterocycles. The van der Waals surface area contributed by atoms with Crippen LogP contribution in [0.4, 0.5) is 20.2 Å². The van der Waals surface area contributed by atoms with Gasteiger partial charge < -0.3 is 19.4 Å². The summed E-state index contributed by atoms with van der Waals surface area (Å²) in [6, 6.07) is 7.13. The zero-order valence-electron chi connectivity index (χ0n) is 22.4. The lowest BCUT2D eigenvalue weighted by Crippen LogP contribution is -2.36. The number of aromatic nitrogens is 1. The number of pyridine rings is 1. The number of alkyl halides is 2. The van der Waals surface area contributed by atoms with Crippen molar-refractivity contribution < 1.29 is 47.0 Å². The summed E-state index contributed by atoms with van der Waals surface area (Å²) in [5, 5.41) is 22.8. The maximum absolute atomic E-state index is 13.2. The highest BCUT2D eigenvalue weighted by Gasteiger charge is 2.39. The molecule has 230 valence electrons. The number of ketones is 1. The van der Waals surface area contributed by atoms with Gasteiger partial charge in [0.1, 0.15) is 22.7 Å². The summed E-state index contributed by atoms with van der Waals surface area (Å²) in [6.45, 7) is -3.64. The van der Waals surface area contributed by atoms with Crippen LogP contribution in [-0.2, 0) is 20.7 Å². The van der Waals surface area contributed by atoms with E-state index in [4.69, 9.17) is 32.7 Å². The second-order valence-electron chi connectivity index (χ2n) is 9.99. The first-order valence-corrected chi connectivity index (χ1v) is 13.8. The lowest BCUT2D eigenvalue weighted by molar-refractivity contribution is -0.605. The second-order valence-corrected chi connectivity index (χ2v) is 10.8. The Kier molecular flexibility index (Phi) is 8.83. The number of Topliss-reactive ketones (excluding diaryl/α,β-unsaturated/α-hetero) is 1. The maximum Gasteiger partial charge on any atom is 0.387 e. The molecule has 2 aliphatic rings. The largest absolute Gasteiger partial charge is 0.619 e. The Morgan fingerprint density at radius 2 is 1.80 bits per heavy atom. The normalized spacial score (nSPS) is 14.9. The van der Waals surface area contributed by atoms with E-state index in [1.54, 1.807) is 0 Å². The first kappa shape index (κ1) is 30.9. The molecule has 1 amide bonds. The standard InChI is InChI=1S/C28H21Cl2F2N3O9/c29-19-10-33(39)11-20(30)17(19)9-23(15-3-6-22(44-28(31)32)24(7-15)42-13-14-1-2-14)43-25(36)12-34-21-5-4-16(35(40)41)8-18(21)26(37)27(34)38/h3-8,10-11,14,23,28H,1-2,9,12-13H2/t23-/m0/s1. The Balaban J connectivity index is 1.45. The van der Waals surface area contributed by atoms with E-state index in [1.165, 1.54) is 24.3 Å². The molecule has 44 heavy (non-hydrogen) atoms. The molecule has 0 bridgehead atoms. The van der Waals surface area contributed by atoms with Crippen molar-refractivity contribution in [3.05, 3.63) is 90.8 Å². The van der Waals surface area contributed by atoms with E-state index in [0.29, 0.717) is 4.73 Å². The van der Waals surface area contributed by atoms with Crippen molar-refractivity contribution in [3.8, 4) is 11.5 Å². The van der Waals surface area contributed by atoms with Crippen molar-refractivity contribution in [2.75, 3.05) is 18.1 Å². The van der Waals surface area contributed by atoms with Crippen LogP contribution in [0.2, 0.25) is 10.0 Å². The third-order valence-electron chi connectivity index (χ3n) is 6.90. The number of carbonyl (C=O) groups excluding carboxylic acids is 3. The summed E-state index contributed by atoms with van der Waals surface area (Å²) in [6.07, 6.45) is 2.50. The fraction of sp³-hybridized carbons (Fsp3) is 0.286. The molecule has 1 aliphatic carbocycles. The minimum atomic E-state index is -3.14. The van der Waals surface area contributed by atoms with Crippen LogP contribution in [0.5, 0.6) is 11.5 Å². The first-order chi connectivity index (χ1) is 20.9. The van der Waals surface area contributed by atoms with Crippen LogP contribution in [0, 0.1) is 21.2 Å². The van der Waals surface area contributed by atoms with Crippen molar-refractivity contribution in [1.82, 2.24) is 0 Å². The quantitative estimate of drug-likeness (QED) is 0.0659. The Bertz CT molecular complexity index is 1650. The summed E-state index contributed by atoms with van der Waals surface area (Å²) >= 11 is 12.5. The Labute approximate surface area is 257 Å². The van der Waals surface area contributed by atoms with Crippen LogP contribution < -0.4 is 19.1 Å². The lowest BCUT2D eigenvalue weighted by Gasteiger charge is -2.23. The summed E-state index contributed by atoms with van der Waals surface area (Å²) in [7, 11) is 0. The highest BCUT2D eigenvalue weighted by Crippen LogP contribution is 2.38. The van der Waals surface area contributed by atoms with Crippen molar-refractivity contribution in [2.24, 2.45) is 5.92 Å². The summed E-state index contributed by atoms with van der Waals surface area (Å²) in [4.78, 5) is 49.7. The molecule has 16 heteroatoms. The molecule has 1 aromatic heterocycles. The van der Waals surface area contributed by atoms with Gasteiger partial charge in [-0.15, -0.1) is 0 Å². The van der Waals surface area contributed by atoms with Gasteiger partial charge in [-0.1, -0.05) is 29.3 Å². The van der Waals surface area contributed by atoms with Crippen molar-refractivity contribution in [3.63, 3.8) is 0 Å². The molecule has 0 unspecified atom stereocenters. The number of hydrogen-bond acceptors (Lipinski definition) is 9. The molecule has 1 saturated carbocycles. The van der Waals surface area contributed by atoms with E-state index in [2.05, 4.69) is 4.74 Å². The van der Waals surface area contributed by atoms with Crippen LogP contribution in [0.25, 0.3) is 0 Å². The molecule has 3 aromatic rings. The fourth-order valence-corrected chi connectivity index (χ4v) is 5.14. The molecule has 0 spiro atoms. The Morgan fingerprint density at radius 1 is 1.09 bits per heavy atom. The van der Waals surface area contributed by atoms with E-state index >= 15 is 0 Å². The van der Waals surface area contributed by atoms with Crippen molar-refractivity contribution in [1.29, 1.82) is 0 Å². The molecule has 12 nitrogen and oxygen atoms in total. The van der Waals surface area contributed by atoms with Gasteiger partial charge in [0.25, 0.3) is 17.4 Å². The summed E-state index contributed by atoms with van der Waals surface area (Å²) < 4.78 is 42.6. The predicted molar refractivity (Wildman–Crippen MR) is 149 cm³/mol. The lowest BCUT2D eigenvalue weighted by atomic mass is 10.0. The molecule has 1 fully saturated rings. The zero-order valence-corrected chi connectivity index (χ0v) is 23.9. The van der Waals surface area contributed by atoms with Gasteiger partial charge >= 0.3 is 12.6 Å². The SMILES string of the molecule is O=C(CN1C(=O)C(=O)c2cc([N+](=O)[O-])ccc21)O[C@@H](Cc1c(Cl)c[n+]([O-])cc1Cl)c1ccc(OC(F)F)c(OCC2CC2)c1. The van der Waals surface area contributed by atoms with E-state index < -0.39 is 47.5 Å². The van der Waals surface area contributed by atoms with Gasteiger partial charge in [0, 0.05) is 24.1 Å². The van der Waals surface area contributed by atoms with Crippen LogP contribution in [0.3, 0.4) is 0 Å². The minimum Gasteiger partial charge on any atom is -0.619 e. The Hall–Kier alpha value is -4.56. The van der Waals surface area contributed by atoms with E-state index in [-0.39, 0.29) is 62.9 Å². The number of ether oxygens (including phenoxy) is 3. The summed E-state index contributed by atoms with van der Waals surface area (Å²) in [5.74, 6) is -3.14. The van der Waals surface area contributed by atoms with Crippen molar-refractivity contribution >= 4 is 52.2 Å². The number of amides is 1. The number of nitro benzene ring substituents is 1. The van der Waals surface area contributed by atoms with Gasteiger partial charge in [0.15, 0.2) is 23.9 Å². The van der Waals surface area contributed by atoms with Gasteiger partial charge in [-0.05, 0) is 42.5 Å². The number of carbonyl (C=O) groups is 3. The van der Waals surface area contributed by atoms with Gasteiger partial charge in [-0.2, -0.15) is 13.5 Å². The van der Waals surface area contributed by atoms with E-state index in [1.807, 2.05) is 0 Å². The van der Waals surface area contributed by atoms with Crippen LogP contribution in [0.1, 0.15) is 40.4 Å². The van der Waals surface area contributed by atoms with Gasteiger partial charge in [0.05, 0.1) is 22.8 Å². The van der Waals surface area contributed by atoms with E-state index in [9.17, 15) is 38.5 Å². The molecule has 0 N–H and O–H groups in total. The topological polar surface area (TPSA) is 152 Å². The molecule has 2 aromatic carbocycles. The monoisotopic (exact) mass is 651 g/mol. The molecule has 2 heterocycles. The fourth-order valence-electron chi connectivity index (χ4n) is 4.55. The zero-order chi connectivity index (χ0) is 31.7. The average molecular weight is 652 g/mol. The number of fused-ring (bicyclic) bond motifs is 1. The molecular weight excluding hydrogens is 631 g/mol. The minimum absolute atomic E-state index is 0.0162. The van der Waals surface area contributed by atoms with Crippen LogP contribution in [0.15, 0.2) is 48.8 Å². The molecular formula is C28H21Cl2F2N3O9. The Morgan fingerprint density at radius 3 is 2.43 bits per heavy atom. The highest BCUT2D eigenvalue weighted by atomic mass is 35.5. The third-order valence-corrected chi connectivity index (χ3v) is 7.55. The smallest absolute Gasteiger partial charge is 0.387 e. The summed E-state index contributed by atoms with van der Waals surface area (Å²) in [5.41, 5.74) is -0.204. The van der Waals surface area contributed by atoms with E-state index in [0.717, 1.165) is 42.3 Å². The van der Waals surface area contributed by atoms with Crippen LogP contribution in [-0.4, -0.2) is 42.3 Å². The number of esters is 1. The number of nitro groups is 1. The third kappa shape index (κ3) is 6.81. The predicted octanol–water partition coefficient (Wildman–Crippen LogP) is 4.98. The number of benzene rings is 2. The number of non-ortho nitro benzene ring substituents is 1. The molecule has 0 saturated heterocycles. The maximum atomic E-state index is 13.2. The van der Waals surface area contributed by atoms with Gasteiger partial charge in [-0.3, -0.25) is 29.4 Å². The first-order valence-electron chi connectivity index (χ1n) is 13.0. The molecule has 5 rings (SSSR count).